The van der Waals surface area contributed by atoms with Gasteiger partial charge in [-0.05, 0) is 19.9 Å². The number of esters is 1. The molecule has 1 N–H and O–H groups in total. The number of nitrogens with one attached hydrogen (secondary N) is 1. The van der Waals surface area contributed by atoms with Crippen LogP contribution >= 0.6 is 0 Å². The van der Waals surface area contributed by atoms with Crippen molar-refractivity contribution < 1.29 is 14.5 Å². The van der Waals surface area contributed by atoms with Crippen LogP contribution in [0.4, 0.5) is 5.69 Å². The van der Waals surface area contributed by atoms with Gasteiger partial charge in [-0.25, -0.2) is 4.79 Å². The smallest absolute Gasteiger partial charge is 0.340 e. The van der Waals surface area contributed by atoms with Crippen molar-refractivity contribution in [3.05, 3.63) is 51.8 Å². The molecule has 0 saturated carbocycles. The Bertz CT molecular complexity index is 661. The van der Waals surface area contributed by atoms with Crippen molar-refractivity contribution in [2.45, 2.75) is 13.8 Å². The first-order chi connectivity index (χ1) is 9.56. The summed E-state index contributed by atoms with van der Waals surface area (Å²) in [5, 5.41) is 11.1. The van der Waals surface area contributed by atoms with Gasteiger partial charge in [-0.15, -0.1) is 0 Å². The molecule has 1 aromatic carbocycles. The van der Waals surface area contributed by atoms with Crippen LogP contribution < -0.4 is 0 Å². The van der Waals surface area contributed by atoms with Gasteiger partial charge in [-0.3, -0.25) is 10.1 Å². The van der Waals surface area contributed by atoms with Gasteiger partial charge in [0.05, 0.1) is 22.7 Å². The molecule has 1 heterocycles. The molecule has 0 aliphatic heterocycles. The first-order valence-electron chi connectivity index (χ1n) is 6.15. The van der Waals surface area contributed by atoms with Gasteiger partial charge >= 0.3 is 5.97 Å². The standard InChI is InChI=1S/C14H14N2O4/c1-3-20-14(17)13-9(2)15-8-11(13)10-6-4-5-7-12(10)16(18)19/h4-8,15H,3H2,1-2H3. The van der Waals surface area contributed by atoms with Crippen LogP contribution in [0.5, 0.6) is 0 Å². The first kappa shape index (κ1) is 13.8. The Hall–Kier alpha value is -2.63. The minimum Gasteiger partial charge on any atom is -0.462 e. The molecule has 0 spiro atoms. The zero-order chi connectivity index (χ0) is 14.7. The van der Waals surface area contributed by atoms with Crippen LogP contribution in [-0.4, -0.2) is 22.5 Å². The lowest BCUT2D eigenvalue weighted by atomic mass is 10.0. The average molecular weight is 274 g/mol. The number of carbonyl (C=O) groups excluding carboxylic acids is 1. The molecule has 0 unspecified atom stereocenters. The van der Waals surface area contributed by atoms with Crippen molar-refractivity contribution in [2.24, 2.45) is 0 Å². The van der Waals surface area contributed by atoms with Crippen molar-refractivity contribution in [1.29, 1.82) is 0 Å². The van der Waals surface area contributed by atoms with Crippen LogP contribution in [0.2, 0.25) is 0 Å². The van der Waals surface area contributed by atoms with Crippen LogP contribution in [0.25, 0.3) is 11.1 Å². The lowest BCUT2D eigenvalue weighted by molar-refractivity contribution is -0.384. The van der Waals surface area contributed by atoms with E-state index < -0.39 is 10.9 Å². The fourth-order valence-corrected chi connectivity index (χ4v) is 2.07. The lowest BCUT2D eigenvalue weighted by Gasteiger charge is -2.06. The second-order valence-corrected chi connectivity index (χ2v) is 4.20. The zero-order valence-corrected chi connectivity index (χ0v) is 11.2. The summed E-state index contributed by atoms with van der Waals surface area (Å²) >= 11 is 0. The SMILES string of the molecule is CCOC(=O)c1c(-c2ccccc2[N+](=O)[O-])c[nH]c1C. The number of H-pyrrole nitrogens is 1. The maximum absolute atomic E-state index is 12.0. The maximum atomic E-state index is 12.0. The van der Waals surface area contributed by atoms with E-state index in [1.54, 1.807) is 38.2 Å². The van der Waals surface area contributed by atoms with Gasteiger partial charge in [-0.1, -0.05) is 12.1 Å². The summed E-state index contributed by atoms with van der Waals surface area (Å²) < 4.78 is 5.00. The Labute approximate surface area is 115 Å². The number of hydrogen-bond donors (Lipinski definition) is 1. The number of nitrogens with zero attached hydrogens (tertiary/aromatic N) is 1. The molecular weight excluding hydrogens is 260 g/mol. The number of benzene rings is 1. The second kappa shape index (κ2) is 5.56. The number of nitro groups is 1. The highest BCUT2D eigenvalue weighted by atomic mass is 16.6. The number of para-hydroxylation sites is 1. The Balaban J connectivity index is 2.60. The molecule has 0 aliphatic rings. The molecule has 104 valence electrons. The number of carbonyl (C=O) groups is 1. The molecule has 1 aromatic heterocycles. The van der Waals surface area contributed by atoms with E-state index in [1.807, 2.05) is 0 Å². The van der Waals surface area contributed by atoms with E-state index in [0.717, 1.165) is 0 Å². The molecule has 0 fully saturated rings. The Kier molecular flexibility index (Phi) is 3.84. The van der Waals surface area contributed by atoms with Crippen molar-refractivity contribution >= 4 is 11.7 Å². The van der Waals surface area contributed by atoms with Gasteiger partial charge < -0.3 is 9.72 Å². The van der Waals surface area contributed by atoms with E-state index in [4.69, 9.17) is 4.74 Å². The van der Waals surface area contributed by atoms with E-state index >= 15 is 0 Å². The quantitative estimate of drug-likeness (QED) is 0.527. The van der Waals surface area contributed by atoms with E-state index in [0.29, 0.717) is 22.4 Å². The average Bonchev–Trinajstić information content (AvgIpc) is 2.80. The highest BCUT2D eigenvalue weighted by molar-refractivity contribution is 5.99. The Morgan fingerprint density at radius 2 is 2.05 bits per heavy atom. The number of rotatable bonds is 4. The highest BCUT2D eigenvalue weighted by Gasteiger charge is 2.23. The van der Waals surface area contributed by atoms with Gasteiger partial charge in [0.25, 0.3) is 5.69 Å². The fraction of sp³-hybridized carbons (Fsp3) is 0.214. The minimum absolute atomic E-state index is 0.0444. The number of nitro benzene ring substituents is 1. The van der Waals surface area contributed by atoms with Crippen LogP contribution in [-0.2, 0) is 4.74 Å². The summed E-state index contributed by atoms with van der Waals surface area (Å²) in [4.78, 5) is 25.5. The summed E-state index contributed by atoms with van der Waals surface area (Å²) in [5.41, 5.74) is 1.79. The van der Waals surface area contributed by atoms with Gasteiger partial charge in [-0.2, -0.15) is 0 Å². The third kappa shape index (κ3) is 2.40. The van der Waals surface area contributed by atoms with Crippen LogP contribution in [0.3, 0.4) is 0 Å². The molecule has 0 aliphatic carbocycles. The van der Waals surface area contributed by atoms with E-state index in [1.165, 1.54) is 6.07 Å². The Morgan fingerprint density at radius 1 is 1.35 bits per heavy atom. The minimum atomic E-state index is -0.487. The number of aryl methyl sites for hydroxylation is 1. The largest absolute Gasteiger partial charge is 0.462 e. The molecule has 0 saturated heterocycles. The fourth-order valence-electron chi connectivity index (χ4n) is 2.07. The van der Waals surface area contributed by atoms with E-state index in [9.17, 15) is 14.9 Å². The number of aromatic amines is 1. The van der Waals surface area contributed by atoms with Crippen LogP contribution in [0.1, 0.15) is 23.0 Å². The lowest BCUT2D eigenvalue weighted by Crippen LogP contribution is -2.07. The first-order valence-corrected chi connectivity index (χ1v) is 6.15. The normalized spacial score (nSPS) is 10.3. The highest BCUT2D eigenvalue weighted by Crippen LogP contribution is 2.33. The van der Waals surface area contributed by atoms with Crippen LogP contribution in [0, 0.1) is 17.0 Å². The summed E-state index contributed by atoms with van der Waals surface area (Å²) in [6.45, 7) is 3.69. The van der Waals surface area contributed by atoms with E-state index in [-0.39, 0.29) is 12.3 Å². The molecule has 0 bridgehead atoms. The topological polar surface area (TPSA) is 85.2 Å². The summed E-state index contributed by atoms with van der Waals surface area (Å²) in [5.74, 6) is -0.487. The number of hydrogen-bond acceptors (Lipinski definition) is 4. The van der Waals surface area contributed by atoms with E-state index in [2.05, 4.69) is 4.98 Å². The zero-order valence-electron chi connectivity index (χ0n) is 11.2. The monoisotopic (exact) mass is 274 g/mol. The molecule has 6 heteroatoms. The second-order valence-electron chi connectivity index (χ2n) is 4.20. The van der Waals surface area contributed by atoms with Gasteiger partial charge in [0.2, 0.25) is 0 Å². The predicted molar refractivity (Wildman–Crippen MR) is 73.6 cm³/mol. The summed E-state index contributed by atoms with van der Waals surface area (Å²) in [6.07, 6.45) is 1.59. The van der Waals surface area contributed by atoms with Crippen molar-refractivity contribution in [2.75, 3.05) is 6.61 Å². The molecule has 0 radical (unpaired) electrons. The van der Waals surface area contributed by atoms with Gasteiger partial charge in [0.1, 0.15) is 0 Å². The van der Waals surface area contributed by atoms with Gasteiger partial charge in [0.15, 0.2) is 0 Å². The van der Waals surface area contributed by atoms with Gasteiger partial charge in [0, 0.05) is 23.5 Å². The van der Waals surface area contributed by atoms with Crippen molar-refractivity contribution in [3.63, 3.8) is 0 Å². The predicted octanol–water partition coefficient (Wildman–Crippen LogP) is 3.08. The molecule has 0 amide bonds. The summed E-state index contributed by atoms with van der Waals surface area (Å²) in [7, 11) is 0. The third-order valence-electron chi connectivity index (χ3n) is 2.95. The number of aromatic nitrogens is 1. The molecule has 20 heavy (non-hydrogen) atoms. The number of ether oxygens (including phenoxy) is 1. The molecule has 2 rings (SSSR count). The van der Waals surface area contributed by atoms with Crippen molar-refractivity contribution in [1.82, 2.24) is 4.98 Å². The molecular formula is C14H14N2O4. The summed E-state index contributed by atoms with van der Waals surface area (Å²) in [6, 6.07) is 6.31. The molecule has 0 atom stereocenters. The molecule has 2 aromatic rings. The molecule has 6 nitrogen and oxygen atoms in total. The van der Waals surface area contributed by atoms with Crippen molar-refractivity contribution in [3.8, 4) is 11.1 Å². The van der Waals surface area contributed by atoms with Crippen LogP contribution in [0.15, 0.2) is 30.5 Å². The Morgan fingerprint density at radius 3 is 2.70 bits per heavy atom. The maximum Gasteiger partial charge on any atom is 0.340 e. The third-order valence-corrected chi connectivity index (χ3v) is 2.95.